The number of nitrogens with zero attached hydrogens (tertiary/aromatic N) is 1. The molecule has 3 aliphatic rings. The van der Waals surface area contributed by atoms with Gasteiger partial charge in [-0.25, -0.2) is 4.79 Å². The number of halogens is 3. The number of aliphatic carboxylic acids is 1. The molecule has 0 aromatic heterocycles. The molecule has 116 valence electrons. The second kappa shape index (κ2) is 6.92. The lowest BCUT2D eigenvalue weighted by molar-refractivity contribution is -0.192. The summed E-state index contributed by atoms with van der Waals surface area (Å²) in [6, 6.07) is 0.478. The predicted molar refractivity (Wildman–Crippen MR) is 65.1 cm³/mol. The monoisotopic (exact) mass is 296 g/mol. The minimum absolute atomic E-state index is 0.332. The van der Waals surface area contributed by atoms with Crippen molar-refractivity contribution < 1.29 is 27.9 Å². The zero-order valence-electron chi connectivity index (χ0n) is 11.2. The molecule has 5 nitrogen and oxygen atoms in total. The van der Waals surface area contributed by atoms with Crippen LogP contribution in [0.25, 0.3) is 0 Å². The predicted octanol–water partition coefficient (Wildman–Crippen LogP) is 1.24. The molecule has 2 unspecified atom stereocenters. The van der Waals surface area contributed by atoms with Gasteiger partial charge in [-0.05, 0) is 25.3 Å². The van der Waals surface area contributed by atoms with E-state index in [1.807, 2.05) is 6.92 Å². The van der Waals surface area contributed by atoms with Gasteiger partial charge in [-0.2, -0.15) is 13.2 Å². The zero-order valence-corrected chi connectivity index (χ0v) is 11.2. The third-order valence-electron chi connectivity index (χ3n) is 3.48. The Kier molecular flexibility index (Phi) is 5.79. The highest BCUT2D eigenvalue weighted by Gasteiger charge is 2.38. The van der Waals surface area contributed by atoms with Crippen LogP contribution < -0.4 is 5.32 Å². The average molecular weight is 296 g/mol. The van der Waals surface area contributed by atoms with Gasteiger partial charge in [-0.1, -0.05) is 6.92 Å². The summed E-state index contributed by atoms with van der Waals surface area (Å²) in [6.07, 6.45) is -1.93. The van der Waals surface area contributed by atoms with E-state index < -0.39 is 12.1 Å². The van der Waals surface area contributed by atoms with Crippen LogP contribution in [-0.2, 0) is 9.59 Å². The highest BCUT2D eigenvalue weighted by atomic mass is 19.4. The third kappa shape index (κ3) is 4.66. The summed E-state index contributed by atoms with van der Waals surface area (Å²) in [5, 5.41) is 10.5. The van der Waals surface area contributed by atoms with Crippen molar-refractivity contribution in [1.29, 1.82) is 0 Å². The number of hydrogen-bond acceptors (Lipinski definition) is 3. The van der Waals surface area contributed by atoms with Gasteiger partial charge in [0.25, 0.3) is 0 Å². The molecule has 20 heavy (non-hydrogen) atoms. The van der Waals surface area contributed by atoms with E-state index in [-0.39, 0.29) is 0 Å². The number of carbonyl (C=O) groups excluding carboxylic acids is 1. The van der Waals surface area contributed by atoms with Crippen LogP contribution >= 0.6 is 0 Å². The number of rotatable bonds is 1. The maximum absolute atomic E-state index is 11.6. The Morgan fingerprint density at radius 3 is 2.40 bits per heavy atom. The lowest BCUT2D eigenvalue weighted by Gasteiger charge is -2.36. The van der Waals surface area contributed by atoms with E-state index in [0.29, 0.717) is 24.3 Å². The number of fused-ring (bicyclic) bond motifs is 4. The van der Waals surface area contributed by atoms with E-state index in [0.717, 1.165) is 19.6 Å². The summed E-state index contributed by atoms with van der Waals surface area (Å²) in [6.45, 7) is 5.05. The van der Waals surface area contributed by atoms with Crippen LogP contribution in [0.2, 0.25) is 0 Å². The van der Waals surface area contributed by atoms with Gasteiger partial charge in [0.1, 0.15) is 0 Å². The van der Waals surface area contributed by atoms with Crippen molar-refractivity contribution in [3.05, 3.63) is 0 Å². The molecule has 0 saturated carbocycles. The van der Waals surface area contributed by atoms with Crippen molar-refractivity contribution in [2.75, 3.05) is 19.6 Å². The standard InChI is InChI=1S/C10H18N2O.C2HF3O2/c1-2-10(13)12-7-8-3-4-9(12)6-11-5-8;3-2(4,5)1(6)7/h8-9,11H,2-7H2,1H3;(H,6,7). The molecule has 3 rings (SSSR count). The molecule has 0 radical (unpaired) electrons. The highest BCUT2D eigenvalue weighted by Crippen LogP contribution is 2.24. The molecular formula is C12H19F3N2O3. The Morgan fingerprint density at radius 1 is 1.30 bits per heavy atom. The largest absolute Gasteiger partial charge is 0.490 e. The van der Waals surface area contributed by atoms with E-state index in [1.165, 1.54) is 12.8 Å². The van der Waals surface area contributed by atoms with E-state index in [1.54, 1.807) is 0 Å². The molecule has 0 aromatic carbocycles. The second-order valence-electron chi connectivity index (χ2n) is 4.96. The first-order chi connectivity index (χ1) is 9.25. The van der Waals surface area contributed by atoms with Gasteiger partial charge in [0.2, 0.25) is 5.91 Å². The fourth-order valence-corrected chi connectivity index (χ4v) is 2.44. The molecule has 2 N–H and O–H groups in total. The Bertz CT molecular complexity index is 356. The van der Waals surface area contributed by atoms with Gasteiger partial charge in [0.15, 0.2) is 0 Å². The van der Waals surface area contributed by atoms with Crippen LogP contribution in [-0.4, -0.2) is 53.7 Å². The smallest absolute Gasteiger partial charge is 0.475 e. The first-order valence-electron chi connectivity index (χ1n) is 6.56. The lowest BCUT2D eigenvalue weighted by Crippen LogP contribution is -2.46. The SMILES string of the molecule is CCC(=O)N1CC2CCC1CNC2.O=C(O)C(F)(F)F. The molecule has 1 amide bonds. The normalized spacial score (nSPS) is 25.5. The van der Waals surface area contributed by atoms with Crippen LogP contribution in [0.15, 0.2) is 0 Å². The Morgan fingerprint density at radius 2 is 1.90 bits per heavy atom. The summed E-state index contributed by atoms with van der Waals surface area (Å²) >= 11 is 0. The van der Waals surface area contributed by atoms with Gasteiger partial charge in [-0.3, -0.25) is 4.79 Å². The molecule has 0 aliphatic carbocycles. The summed E-state index contributed by atoms with van der Waals surface area (Å²) < 4.78 is 31.7. The van der Waals surface area contributed by atoms with Gasteiger partial charge in [0.05, 0.1) is 0 Å². The van der Waals surface area contributed by atoms with Crippen LogP contribution in [0, 0.1) is 5.92 Å². The number of carboxylic acids is 1. The minimum Gasteiger partial charge on any atom is -0.475 e. The van der Waals surface area contributed by atoms with Crippen LogP contribution in [0.5, 0.6) is 0 Å². The maximum atomic E-state index is 11.6. The fourth-order valence-electron chi connectivity index (χ4n) is 2.44. The van der Waals surface area contributed by atoms with Crippen molar-refractivity contribution in [2.24, 2.45) is 5.92 Å². The van der Waals surface area contributed by atoms with Crippen LogP contribution in [0.1, 0.15) is 26.2 Å². The molecule has 3 aliphatic heterocycles. The van der Waals surface area contributed by atoms with Crippen LogP contribution in [0.4, 0.5) is 13.2 Å². The summed E-state index contributed by atoms with van der Waals surface area (Å²) in [4.78, 5) is 22.6. The number of nitrogens with one attached hydrogen (secondary N) is 1. The number of hydrogen-bond donors (Lipinski definition) is 2. The molecule has 0 spiro atoms. The zero-order chi connectivity index (χ0) is 15.3. The molecule has 3 saturated heterocycles. The molecule has 3 heterocycles. The van der Waals surface area contributed by atoms with Gasteiger partial charge >= 0.3 is 12.1 Å². The molecular weight excluding hydrogens is 277 g/mol. The summed E-state index contributed by atoms with van der Waals surface area (Å²) in [5.41, 5.74) is 0. The van der Waals surface area contributed by atoms with Gasteiger partial charge in [-0.15, -0.1) is 0 Å². The molecule has 8 heteroatoms. The van der Waals surface area contributed by atoms with Crippen molar-refractivity contribution in [2.45, 2.75) is 38.4 Å². The summed E-state index contributed by atoms with van der Waals surface area (Å²) in [5.74, 6) is -1.72. The van der Waals surface area contributed by atoms with E-state index in [9.17, 15) is 18.0 Å². The second-order valence-corrected chi connectivity index (χ2v) is 4.96. The van der Waals surface area contributed by atoms with Gasteiger partial charge < -0.3 is 15.3 Å². The quantitative estimate of drug-likeness (QED) is 0.764. The lowest BCUT2D eigenvalue weighted by atomic mass is 9.95. The number of carboxylic acid groups (broad SMARTS) is 1. The van der Waals surface area contributed by atoms with E-state index in [4.69, 9.17) is 9.90 Å². The average Bonchev–Trinajstić information content (AvgIpc) is 2.72. The minimum atomic E-state index is -5.08. The Balaban J connectivity index is 0.000000246. The van der Waals surface area contributed by atoms with Crippen molar-refractivity contribution >= 4 is 11.9 Å². The van der Waals surface area contributed by atoms with E-state index in [2.05, 4.69) is 10.2 Å². The van der Waals surface area contributed by atoms with Crippen molar-refractivity contribution in [3.63, 3.8) is 0 Å². The Hall–Kier alpha value is -1.31. The molecule has 3 fully saturated rings. The van der Waals surface area contributed by atoms with E-state index >= 15 is 0 Å². The Labute approximate surface area is 115 Å². The molecule has 2 bridgehead atoms. The third-order valence-corrected chi connectivity index (χ3v) is 3.48. The summed E-state index contributed by atoms with van der Waals surface area (Å²) in [7, 11) is 0. The van der Waals surface area contributed by atoms with Crippen molar-refractivity contribution in [1.82, 2.24) is 10.2 Å². The number of alkyl halides is 3. The first kappa shape index (κ1) is 16.7. The number of piperidine rings is 1. The fraction of sp³-hybridized carbons (Fsp3) is 0.833. The molecule has 2 atom stereocenters. The topological polar surface area (TPSA) is 69.6 Å². The van der Waals surface area contributed by atoms with Crippen LogP contribution in [0.3, 0.4) is 0 Å². The number of carbonyl (C=O) groups is 2. The van der Waals surface area contributed by atoms with Gasteiger partial charge in [0, 0.05) is 25.6 Å². The number of amides is 1. The van der Waals surface area contributed by atoms with Crippen molar-refractivity contribution in [3.8, 4) is 0 Å². The highest BCUT2D eigenvalue weighted by molar-refractivity contribution is 5.76. The first-order valence-corrected chi connectivity index (χ1v) is 6.56. The maximum Gasteiger partial charge on any atom is 0.490 e. The molecule has 0 aromatic rings.